The molecule has 3 aromatic carbocycles. The second kappa shape index (κ2) is 8.99. The Bertz CT molecular complexity index is 1540. The molecule has 40 heavy (non-hydrogen) atoms. The zero-order valence-electron chi connectivity index (χ0n) is 23.0. The number of aryl methyl sites for hydroxylation is 1. The molecule has 2 saturated heterocycles. The van der Waals surface area contributed by atoms with Crippen molar-refractivity contribution >= 4 is 34.0 Å². The largest absolute Gasteiger partial charge is 0.365 e. The fourth-order valence-electron chi connectivity index (χ4n) is 7.13. The van der Waals surface area contributed by atoms with Crippen LogP contribution in [0.1, 0.15) is 63.9 Å². The van der Waals surface area contributed by atoms with Crippen molar-refractivity contribution in [1.82, 2.24) is 10.2 Å². The molecule has 0 spiro atoms. The second-order valence-electron chi connectivity index (χ2n) is 12.0. The number of amides is 2. The summed E-state index contributed by atoms with van der Waals surface area (Å²) in [6, 6.07) is 14.5. The summed E-state index contributed by atoms with van der Waals surface area (Å²) in [6.07, 6.45) is 4.00. The summed E-state index contributed by atoms with van der Waals surface area (Å²) in [5.41, 5.74) is 4.05. The van der Waals surface area contributed by atoms with E-state index in [0.717, 1.165) is 66.4 Å². The van der Waals surface area contributed by atoms with Crippen molar-refractivity contribution in [2.24, 2.45) is 0 Å². The van der Waals surface area contributed by atoms with Gasteiger partial charge in [0.25, 0.3) is 17.7 Å². The number of hydrogen-bond donors (Lipinski definition) is 1. The van der Waals surface area contributed by atoms with Crippen LogP contribution in [0.15, 0.2) is 48.5 Å². The fraction of sp³-hybridized carbons (Fsp3) is 0.438. The van der Waals surface area contributed by atoms with Crippen LogP contribution in [-0.2, 0) is 5.54 Å². The summed E-state index contributed by atoms with van der Waals surface area (Å²) in [7, 11) is 1.78. The minimum atomic E-state index is -2.81. The third-order valence-electron chi connectivity index (χ3n) is 9.51. The molecule has 0 aromatic heterocycles. The number of carbonyl (C=O) groups excluding carboxylic acids is 2. The van der Waals surface area contributed by atoms with Crippen LogP contribution in [0.4, 0.5) is 20.2 Å². The molecule has 1 aliphatic carbocycles. The van der Waals surface area contributed by atoms with E-state index in [-0.39, 0.29) is 18.4 Å². The number of halogens is 2. The molecule has 3 fully saturated rings. The van der Waals surface area contributed by atoms with Crippen LogP contribution in [0.25, 0.3) is 10.8 Å². The molecule has 7 rings (SSSR count). The van der Waals surface area contributed by atoms with E-state index in [1.54, 1.807) is 22.9 Å². The highest BCUT2D eigenvalue weighted by Crippen LogP contribution is 2.51. The monoisotopic (exact) mass is 544 g/mol. The van der Waals surface area contributed by atoms with Crippen molar-refractivity contribution in [1.29, 1.82) is 0 Å². The first-order valence-corrected chi connectivity index (χ1v) is 14.3. The van der Waals surface area contributed by atoms with Crippen LogP contribution >= 0.6 is 0 Å². The van der Waals surface area contributed by atoms with E-state index in [9.17, 15) is 9.59 Å². The van der Waals surface area contributed by atoms with Crippen LogP contribution in [0.2, 0.25) is 0 Å². The van der Waals surface area contributed by atoms with Crippen LogP contribution in [0.5, 0.6) is 0 Å². The van der Waals surface area contributed by atoms with E-state index in [0.29, 0.717) is 29.8 Å². The standard InChI is InChI=1S/C32H34F2N4O2/c1-20-8-9-21(38-17-12-27(32(33,34)19-38)37-15-3-4-16-37)18-24(20)29(39)35-31(13-14-31)25-10-11-26-28-22(25)6-5-7-23(28)30(40)36(26)2/h5-11,18,27H,3-4,12-17,19H2,1-2H3,(H,35,39). The highest BCUT2D eigenvalue weighted by molar-refractivity contribution is 6.25. The Morgan fingerprint density at radius 3 is 2.52 bits per heavy atom. The first kappa shape index (κ1) is 25.4. The van der Waals surface area contributed by atoms with Gasteiger partial charge in [0.2, 0.25) is 0 Å². The van der Waals surface area contributed by atoms with E-state index < -0.39 is 17.5 Å². The lowest BCUT2D eigenvalue weighted by Gasteiger charge is -2.43. The van der Waals surface area contributed by atoms with Gasteiger partial charge in [-0.2, -0.15) is 0 Å². The van der Waals surface area contributed by atoms with E-state index in [1.807, 2.05) is 54.3 Å². The quantitative estimate of drug-likeness (QED) is 0.463. The van der Waals surface area contributed by atoms with Crippen molar-refractivity contribution in [2.75, 3.05) is 43.0 Å². The van der Waals surface area contributed by atoms with Gasteiger partial charge in [-0.15, -0.1) is 0 Å². The van der Waals surface area contributed by atoms with Crippen LogP contribution in [0.3, 0.4) is 0 Å². The van der Waals surface area contributed by atoms with Crippen molar-refractivity contribution in [3.63, 3.8) is 0 Å². The Morgan fingerprint density at radius 1 is 1.02 bits per heavy atom. The molecule has 1 atom stereocenters. The van der Waals surface area contributed by atoms with E-state index in [2.05, 4.69) is 5.32 Å². The lowest BCUT2D eigenvalue weighted by Crippen LogP contribution is -2.58. The van der Waals surface area contributed by atoms with Gasteiger partial charge in [0.1, 0.15) is 0 Å². The lowest BCUT2D eigenvalue weighted by atomic mass is 9.94. The number of benzene rings is 3. The van der Waals surface area contributed by atoms with Gasteiger partial charge in [0.05, 0.1) is 23.8 Å². The number of hydrogen-bond acceptors (Lipinski definition) is 4. The molecular formula is C32H34F2N4O2. The van der Waals surface area contributed by atoms with Gasteiger partial charge in [0.15, 0.2) is 0 Å². The SMILES string of the molecule is Cc1ccc(N2CCC(N3CCCC3)C(F)(F)C2)cc1C(=O)NC1(c2ccc3c4c(cccc24)C(=O)N3C)CC1. The fourth-order valence-corrected chi connectivity index (χ4v) is 7.13. The van der Waals surface area contributed by atoms with Gasteiger partial charge in [-0.3, -0.25) is 14.5 Å². The summed E-state index contributed by atoms with van der Waals surface area (Å²) in [6.45, 7) is 3.59. The van der Waals surface area contributed by atoms with Crippen molar-refractivity contribution < 1.29 is 18.4 Å². The van der Waals surface area contributed by atoms with Gasteiger partial charge in [-0.1, -0.05) is 24.3 Å². The minimum absolute atomic E-state index is 0.0193. The van der Waals surface area contributed by atoms with E-state index in [1.165, 1.54) is 0 Å². The molecule has 1 unspecified atom stereocenters. The number of anilines is 2. The van der Waals surface area contributed by atoms with Gasteiger partial charge in [-0.05, 0) is 92.9 Å². The van der Waals surface area contributed by atoms with Crippen LogP contribution < -0.4 is 15.1 Å². The Balaban J connectivity index is 1.15. The van der Waals surface area contributed by atoms with E-state index in [4.69, 9.17) is 0 Å². The maximum Gasteiger partial charge on any atom is 0.280 e. The zero-order chi connectivity index (χ0) is 27.8. The highest BCUT2D eigenvalue weighted by atomic mass is 19.3. The second-order valence-corrected chi connectivity index (χ2v) is 12.0. The Labute approximate surface area is 232 Å². The van der Waals surface area contributed by atoms with Gasteiger partial charge >= 0.3 is 0 Å². The number of alkyl halides is 2. The highest BCUT2D eigenvalue weighted by Gasteiger charge is 2.49. The molecule has 3 aromatic rings. The maximum absolute atomic E-state index is 15.3. The lowest BCUT2D eigenvalue weighted by molar-refractivity contribution is -0.0822. The molecule has 8 heteroatoms. The molecule has 2 amide bonds. The van der Waals surface area contributed by atoms with Gasteiger partial charge in [-0.25, -0.2) is 8.78 Å². The van der Waals surface area contributed by atoms with Gasteiger partial charge < -0.3 is 15.1 Å². The predicted octanol–water partition coefficient (Wildman–Crippen LogP) is 5.47. The summed E-state index contributed by atoms with van der Waals surface area (Å²) < 4.78 is 30.5. The first-order chi connectivity index (χ1) is 19.2. The number of piperidine rings is 1. The average Bonchev–Trinajstić information content (AvgIpc) is 3.41. The predicted molar refractivity (Wildman–Crippen MR) is 153 cm³/mol. The number of rotatable bonds is 5. The molecule has 1 N–H and O–H groups in total. The molecule has 1 saturated carbocycles. The van der Waals surface area contributed by atoms with E-state index >= 15 is 8.78 Å². The third-order valence-corrected chi connectivity index (χ3v) is 9.51. The molecule has 6 nitrogen and oxygen atoms in total. The number of nitrogens with one attached hydrogen (secondary N) is 1. The summed E-state index contributed by atoms with van der Waals surface area (Å²) in [5.74, 6) is -3.03. The average molecular weight is 545 g/mol. The molecular weight excluding hydrogens is 510 g/mol. The number of nitrogens with zero attached hydrogens (tertiary/aromatic N) is 3. The molecule has 3 heterocycles. The summed E-state index contributed by atoms with van der Waals surface area (Å²) >= 11 is 0. The molecule has 3 aliphatic heterocycles. The van der Waals surface area contributed by atoms with Gasteiger partial charge in [0, 0.05) is 35.8 Å². The summed E-state index contributed by atoms with van der Waals surface area (Å²) in [4.78, 5) is 31.8. The maximum atomic E-state index is 15.3. The summed E-state index contributed by atoms with van der Waals surface area (Å²) in [5, 5.41) is 5.21. The topological polar surface area (TPSA) is 55.9 Å². The minimum Gasteiger partial charge on any atom is -0.365 e. The first-order valence-electron chi connectivity index (χ1n) is 14.3. The number of likely N-dealkylation sites (tertiary alicyclic amines) is 1. The molecule has 4 aliphatic rings. The zero-order valence-corrected chi connectivity index (χ0v) is 23.0. The smallest absolute Gasteiger partial charge is 0.280 e. The number of carbonyl (C=O) groups is 2. The van der Waals surface area contributed by atoms with Crippen LogP contribution in [0, 0.1) is 6.92 Å². The molecule has 0 radical (unpaired) electrons. The molecule has 208 valence electrons. The Morgan fingerprint density at radius 2 is 1.80 bits per heavy atom. The van der Waals surface area contributed by atoms with Crippen molar-refractivity contribution in [3.05, 3.63) is 70.8 Å². The third kappa shape index (κ3) is 3.91. The Kier molecular flexibility index (Phi) is 5.72. The van der Waals surface area contributed by atoms with Crippen molar-refractivity contribution in [3.8, 4) is 0 Å². The van der Waals surface area contributed by atoms with Crippen LogP contribution in [-0.4, -0.2) is 61.9 Å². The van der Waals surface area contributed by atoms with Crippen molar-refractivity contribution in [2.45, 2.75) is 56.5 Å². The molecule has 0 bridgehead atoms. The normalized spacial score (nSPS) is 23.2. The Hall–Kier alpha value is -3.52.